The third-order valence-corrected chi connectivity index (χ3v) is 6.30. The van der Waals surface area contributed by atoms with Gasteiger partial charge in [-0.2, -0.15) is 0 Å². The predicted octanol–water partition coefficient (Wildman–Crippen LogP) is -0.240. The number of ether oxygens (including phenoxy) is 2. The molecule has 3 rings (SSSR count). The van der Waals surface area contributed by atoms with E-state index in [1.54, 1.807) is 30.3 Å². The zero-order valence-corrected chi connectivity index (χ0v) is 15.8. The molecule has 2 heterocycles. The van der Waals surface area contributed by atoms with E-state index in [2.05, 4.69) is 16.6 Å². The first kappa shape index (κ1) is 19.6. The molecular formula is C18H18N2O7S. The summed E-state index contributed by atoms with van der Waals surface area (Å²) in [6, 6.07) is 7.24. The number of nitrogens with zero attached hydrogens (tertiary/aromatic N) is 1. The van der Waals surface area contributed by atoms with Crippen LogP contribution in [0.25, 0.3) is 0 Å². The number of esters is 1. The number of hydrogen-bond donors (Lipinski definition) is 1. The Kier molecular flexibility index (Phi) is 5.23. The van der Waals surface area contributed by atoms with Crippen molar-refractivity contribution in [3.8, 4) is 5.75 Å². The van der Waals surface area contributed by atoms with Crippen molar-refractivity contribution in [2.75, 3.05) is 19.5 Å². The summed E-state index contributed by atoms with van der Waals surface area (Å²) in [5, 5.41) is 0.990. The maximum atomic E-state index is 12.6. The number of benzene rings is 1. The molecule has 28 heavy (non-hydrogen) atoms. The quantitative estimate of drug-likeness (QED) is 0.511. The van der Waals surface area contributed by atoms with Crippen molar-refractivity contribution in [3.05, 3.63) is 54.3 Å². The Hall–Kier alpha value is -3.14. The molecule has 0 unspecified atom stereocenters. The number of methoxy groups -OCH3 is 1. The zero-order valence-electron chi connectivity index (χ0n) is 15.0. The molecule has 10 heteroatoms. The van der Waals surface area contributed by atoms with Crippen LogP contribution in [0.4, 0.5) is 0 Å². The van der Waals surface area contributed by atoms with Gasteiger partial charge < -0.3 is 14.8 Å². The molecule has 0 aliphatic carbocycles. The van der Waals surface area contributed by atoms with Crippen LogP contribution in [0, 0.1) is 0 Å². The van der Waals surface area contributed by atoms with Crippen molar-refractivity contribution in [2.45, 2.75) is 11.4 Å². The Morgan fingerprint density at radius 2 is 2.00 bits per heavy atom. The molecule has 0 radical (unpaired) electrons. The van der Waals surface area contributed by atoms with Crippen LogP contribution in [0.3, 0.4) is 0 Å². The summed E-state index contributed by atoms with van der Waals surface area (Å²) in [5.74, 6) is -2.25. The van der Waals surface area contributed by atoms with Gasteiger partial charge in [0.15, 0.2) is 21.8 Å². The number of carbonyl (C=O) groups is 3. The highest BCUT2D eigenvalue weighted by atomic mass is 32.2. The maximum absolute atomic E-state index is 12.6. The summed E-state index contributed by atoms with van der Waals surface area (Å²) in [5.41, 5.74) is -0.0954. The van der Waals surface area contributed by atoms with Crippen LogP contribution < -0.4 is 10.1 Å². The molecule has 1 aromatic carbocycles. The van der Waals surface area contributed by atoms with Gasteiger partial charge in [0.2, 0.25) is 0 Å². The lowest BCUT2D eigenvalue weighted by atomic mass is 10.0. The van der Waals surface area contributed by atoms with Crippen molar-refractivity contribution in [1.82, 2.24) is 10.2 Å². The maximum Gasteiger partial charge on any atom is 0.355 e. The van der Waals surface area contributed by atoms with Gasteiger partial charge in [-0.15, -0.1) is 0 Å². The van der Waals surface area contributed by atoms with Gasteiger partial charge in [0.1, 0.15) is 17.5 Å². The SMILES string of the molecule is C=CC1=C(C(=O)OC)N2C(=O)[C@@H](NC(=O)COc3ccccc3)[C@H]2S(=O)(=O)C1. The number of fused-ring (bicyclic) bond motifs is 1. The average Bonchev–Trinajstić information content (AvgIpc) is 2.69. The standard InChI is InChI=1S/C18H18N2O7S/c1-3-11-10-28(24,25)17-14(16(22)20(17)15(11)18(23)26-2)19-13(21)9-27-12-7-5-4-6-8-12/h3-8,14,17H,1,9-10H2,2H3,(H,19,21)/t14-,17-/m1/s1. The van der Waals surface area contributed by atoms with E-state index in [0.29, 0.717) is 5.75 Å². The van der Waals surface area contributed by atoms with Crippen LogP contribution in [-0.2, 0) is 29.0 Å². The molecule has 0 saturated carbocycles. The van der Waals surface area contributed by atoms with Crippen molar-refractivity contribution in [1.29, 1.82) is 0 Å². The predicted molar refractivity (Wildman–Crippen MR) is 97.5 cm³/mol. The minimum atomic E-state index is -3.84. The van der Waals surface area contributed by atoms with E-state index < -0.39 is 51.4 Å². The lowest BCUT2D eigenvalue weighted by molar-refractivity contribution is -0.152. The lowest BCUT2D eigenvalue weighted by Gasteiger charge is -2.48. The van der Waals surface area contributed by atoms with Gasteiger partial charge in [-0.3, -0.25) is 14.5 Å². The second-order valence-corrected chi connectivity index (χ2v) is 8.22. The number of para-hydroxylation sites is 1. The van der Waals surface area contributed by atoms with Crippen LogP contribution in [-0.4, -0.2) is 62.0 Å². The Morgan fingerprint density at radius 3 is 2.61 bits per heavy atom. The molecular weight excluding hydrogens is 388 g/mol. The molecule has 2 atom stereocenters. The Labute approximate surface area is 161 Å². The van der Waals surface area contributed by atoms with Crippen molar-refractivity contribution < 1.29 is 32.3 Å². The fourth-order valence-electron chi connectivity index (χ4n) is 3.09. The number of allylic oxidation sites excluding steroid dienone is 1. The van der Waals surface area contributed by atoms with Gasteiger partial charge >= 0.3 is 5.97 Å². The van der Waals surface area contributed by atoms with Crippen molar-refractivity contribution in [2.24, 2.45) is 0 Å². The molecule has 148 valence electrons. The molecule has 0 spiro atoms. The first-order valence-corrected chi connectivity index (χ1v) is 9.97. The minimum absolute atomic E-state index is 0.0774. The molecule has 9 nitrogen and oxygen atoms in total. The number of carbonyl (C=O) groups excluding carboxylic acids is 3. The fourth-order valence-corrected chi connectivity index (χ4v) is 5.08. The first-order valence-electron chi connectivity index (χ1n) is 8.26. The summed E-state index contributed by atoms with van der Waals surface area (Å²) < 4.78 is 35.1. The molecule has 1 fully saturated rings. The van der Waals surface area contributed by atoms with Gasteiger partial charge in [0, 0.05) is 0 Å². The Bertz CT molecular complexity index is 969. The highest BCUT2D eigenvalue weighted by Gasteiger charge is 2.60. The smallest absolute Gasteiger partial charge is 0.355 e. The van der Waals surface area contributed by atoms with Gasteiger partial charge in [-0.05, 0) is 17.7 Å². The fraction of sp³-hybridized carbons (Fsp3) is 0.278. The van der Waals surface area contributed by atoms with Gasteiger partial charge in [0.05, 0.1) is 12.9 Å². The third kappa shape index (κ3) is 3.38. The lowest BCUT2D eigenvalue weighted by Crippen LogP contribution is -2.75. The second kappa shape index (κ2) is 7.47. The summed E-state index contributed by atoms with van der Waals surface area (Å²) in [6.07, 6.45) is 1.20. The van der Waals surface area contributed by atoms with E-state index in [-0.39, 0.29) is 11.3 Å². The molecule has 2 aliphatic heterocycles. The van der Waals surface area contributed by atoms with E-state index in [9.17, 15) is 22.8 Å². The second-order valence-electron chi connectivity index (χ2n) is 6.12. The number of hydrogen-bond acceptors (Lipinski definition) is 7. The average molecular weight is 406 g/mol. The molecule has 0 aromatic heterocycles. The largest absolute Gasteiger partial charge is 0.484 e. The van der Waals surface area contributed by atoms with Crippen molar-refractivity contribution in [3.63, 3.8) is 0 Å². The highest BCUT2D eigenvalue weighted by Crippen LogP contribution is 2.37. The molecule has 1 N–H and O–H groups in total. The van der Waals surface area contributed by atoms with Gasteiger partial charge in [0.25, 0.3) is 11.8 Å². The number of nitrogens with one attached hydrogen (secondary N) is 1. The molecule has 0 bridgehead atoms. The topological polar surface area (TPSA) is 119 Å². The van der Waals surface area contributed by atoms with Gasteiger partial charge in [-0.1, -0.05) is 30.9 Å². The molecule has 2 aliphatic rings. The Balaban J connectivity index is 1.76. The van der Waals surface area contributed by atoms with Crippen LogP contribution in [0.5, 0.6) is 5.75 Å². The van der Waals surface area contributed by atoms with Crippen LogP contribution in [0.1, 0.15) is 0 Å². The Morgan fingerprint density at radius 1 is 1.32 bits per heavy atom. The number of amides is 2. The normalized spacial score (nSPS) is 22.6. The summed E-state index contributed by atoms with van der Waals surface area (Å²) in [6.45, 7) is 3.10. The summed E-state index contributed by atoms with van der Waals surface area (Å²) in [4.78, 5) is 37.5. The molecule has 2 amide bonds. The number of β-lactam (4-membered cyclic amide) rings is 1. The van der Waals surface area contributed by atoms with Gasteiger partial charge in [-0.25, -0.2) is 13.2 Å². The van der Waals surface area contributed by atoms with Crippen LogP contribution >= 0.6 is 0 Å². The number of rotatable bonds is 6. The van der Waals surface area contributed by atoms with E-state index >= 15 is 0 Å². The monoisotopic (exact) mass is 406 g/mol. The number of sulfone groups is 1. The summed E-state index contributed by atoms with van der Waals surface area (Å²) in [7, 11) is -2.72. The third-order valence-electron chi connectivity index (χ3n) is 4.37. The first-order chi connectivity index (χ1) is 13.3. The minimum Gasteiger partial charge on any atom is -0.484 e. The van der Waals surface area contributed by atoms with E-state index in [1.165, 1.54) is 6.08 Å². The molecule has 1 saturated heterocycles. The zero-order chi connectivity index (χ0) is 20.5. The van der Waals surface area contributed by atoms with Crippen LogP contribution in [0.2, 0.25) is 0 Å². The van der Waals surface area contributed by atoms with E-state index in [1.807, 2.05) is 0 Å². The highest BCUT2D eigenvalue weighted by molar-refractivity contribution is 7.92. The summed E-state index contributed by atoms with van der Waals surface area (Å²) >= 11 is 0. The van der Waals surface area contributed by atoms with Crippen molar-refractivity contribution >= 4 is 27.6 Å². The van der Waals surface area contributed by atoms with Crippen LogP contribution in [0.15, 0.2) is 54.3 Å². The van der Waals surface area contributed by atoms with E-state index in [4.69, 9.17) is 4.74 Å². The molecule has 1 aromatic rings. The van der Waals surface area contributed by atoms with E-state index in [0.717, 1.165) is 12.0 Å².